The van der Waals surface area contributed by atoms with Crippen molar-refractivity contribution in [3.8, 4) is 0 Å². The van der Waals surface area contributed by atoms with Gasteiger partial charge in [-0.05, 0) is 25.5 Å². The van der Waals surface area contributed by atoms with Crippen molar-refractivity contribution >= 4 is 41.7 Å². The van der Waals surface area contributed by atoms with E-state index in [1.807, 2.05) is 18.5 Å². The molecule has 0 amide bonds. The Labute approximate surface area is 183 Å². The van der Waals surface area contributed by atoms with Gasteiger partial charge in [-0.15, -0.1) is 34.2 Å². The Morgan fingerprint density at radius 1 is 1.30 bits per heavy atom. The molecule has 3 rings (SSSR count). The van der Waals surface area contributed by atoms with E-state index < -0.39 is 0 Å². The summed E-state index contributed by atoms with van der Waals surface area (Å²) in [5.74, 6) is 3.94. The summed E-state index contributed by atoms with van der Waals surface area (Å²) in [6.07, 6.45) is 2.62. The molecule has 27 heavy (non-hydrogen) atoms. The topological polar surface area (TPSA) is 79.6 Å². The molecule has 8 nitrogen and oxygen atoms in total. The SMILES string of the molecule is Cc1nnc(CN=C(NCCN2CCOCC2)NCC2CCCS2)n1C.I. The van der Waals surface area contributed by atoms with Gasteiger partial charge in [-0.25, -0.2) is 4.99 Å². The average molecular weight is 509 g/mol. The number of hydrogen-bond acceptors (Lipinski definition) is 6. The molecule has 3 heterocycles. The van der Waals surface area contributed by atoms with Crippen LogP contribution in [0.4, 0.5) is 0 Å². The summed E-state index contributed by atoms with van der Waals surface area (Å²) in [6, 6.07) is 0. The number of aliphatic imine (C=N–C) groups is 1. The van der Waals surface area contributed by atoms with Crippen molar-refractivity contribution in [3.05, 3.63) is 11.6 Å². The highest BCUT2D eigenvalue weighted by Gasteiger charge is 2.16. The van der Waals surface area contributed by atoms with Gasteiger partial charge < -0.3 is 19.9 Å². The van der Waals surface area contributed by atoms with Crippen LogP contribution in [0.1, 0.15) is 24.5 Å². The first-order valence-electron chi connectivity index (χ1n) is 9.51. The van der Waals surface area contributed by atoms with Crippen molar-refractivity contribution in [2.24, 2.45) is 12.0 Å². The molecule has 2 aliphatic rings. The summed E-state index contributed by atoms with van der Waals surface area (Å²) in [5, 5.41) is 16.0. The first kappa shape index (κ1) is 22.7. The number of nitrogens with one attached hydrogen (secondary N) is 2. The zero-order chi connectivity index (χ0) is 18.2. The molecule has 154 valence electrons. The minimum Gasteiger partial charge on any atom is -0.379 e. The predicted molar refractivity (Wildman–Crippen MR) is 121 cm³/mol. The third-order valence-corrected chi connectivity index (χ3v) is 6.30. The molecule has 10 heteroatoms. The number of ether oxygens (including phenoxy) is 1. The Kier molecular flexibility index (Phi) is 10.2. The zero-order valence-corrected chi connectivity index (χ0v) is 19.5. The van der Waals surface area contributed by atoms with Crippen LogP contribution in [0.25, 0.3) is 0 Å². The van der Waals surface area contributed by atoms with Gasteiger partial charge >= 0.3 is 0 Å². The molecular weight excluding hydrogens is 477 g/mol. The number of thioether (sulfide) groups is 1. The zero-order valence-electron chi connectivity index (χ0n) is 16.3. The average Bonchev–Trinajstić information content (AvgIpc) is 3.29. The number of guanidine groups is 1. The highest BCUT2D eigenvalue weighted by atomic mass is 127. The van der Waals surface area contributed by atoms with Crippen LogP contribution in [0.15, 0.2) is 4.99 Å². The molecule has 0 radical (unpaired) electrons. The van der Waals surface area contributed by atoms with Gasteiger partial charge in [0, 0.05) is 45.0 Å². The minimum absolute atomic E-state index is 0. The van der Waals surface area contributed by atoms with E-state index in [-0.39, 0.29) is 24.0 Å². The van der Waals surface area contributed by atoms with Gasteiger partial charge in [-0.2, -0.15) is 11.8 Å². The Morgan fingerprint density at radius 3 is 2.78 bits per heavy atom. The van der Waals surface area contributed by atoms with Crippen LogP contribution >= 0.6 is 35.7 Å². The second-order valence-electron chi connectivity index (χ2n) is 6.78. The third-order valence-electron chi connectivity index (χ3n) is 4.91. The van der Waals surface area contributed by atoms with Crippen molar-refractivity contribution in [2.45, 2.75) is 31.6 Å². The molecule has 1 unspecified atom stereocenters. The molecule has 2 N–H and O–H groups in total. The molecule has 0 saturated carbocycles. The Balaban J connectivity index is 0.00000261. The molecule has 0 aromatic carbocycles. The highest BCUT2D eigenvalue weighted by Crippen LogP contribution is 2.25. The van der Waals surface area contributed by atoms with E-state index in [0.29, 0.717) is 11.8 Å². The molecule has 2 saturated heterocycles. The summed E-state index contributed by atoms with van der Waals surface area (Å²) < 4.78 is 7.40. The number of nitrogens with zero attached hydrogens (tertiary/aromatic N) is 5. The minimum atomic E-state index is 0. The first-order valence-corrected chi connectivity index (χ1v) is 10.6. The number of hydrogen-bond donors (Lipinski definition) is 2. The van der Waals surface area contributed by atoms with Crippen molar-refractivity contribution in [3.63, 3.8) is 0 Å². The van der Waals surface area contributed by atoms with Crippen LogP contribution in [0, 0.1) is 6.92 Å². The molecule has 0 aliphatic carbocycles. The first-order chi connectivity index (χ1) is 12.7. The molecule has 2 fully saturated rings. The molecule has 1 atom stereocenters. The second-order valence-corrected chi connectivity index (χ2v) is 8.19. The van der Waals surface area contributed by atoms with E-state index in [9.17, 15) is 0 Å². The Bertz CT molecular complexity index is 586. The number of halogens is 1. The van der Waals surface area contributed by atoms with Crippen LogP contribution in [0.3, 0.4) is 0 Å². The normalized spacial score (nSPS) is 21.1. The fourth-order valence-corrected chi connectivity index (χ4v) is 4.29. The fraction of sp³-hybridized carbons (Fsp3) is 0.824. The number of rotatable bonds is 7. The Hall–Kier alpha value is -0.590. The van der Waals surface area contributed by atoms with Gasteiger partial charge in [0.2, 0.25) is 0 Å². The van der Waals surface area contributed by atoms with Gasteiger partial charge in [0.1, 0.15) is 12.4 Å². The van der Waals surface area contributed by atoms with Crippen LogP contribution in [-0.2, 0) is 18.3 Å². The van der Waals surface area contributed by atoms with Crippen molar-refractivity contribution in [1.29, 1.82) is 0 Å². The number of aryl methyl sites for hydroxylation is 1. The lowest BCUT2D eigenvalue weighted by atomic mass is 10.2. The predicted octanol–water partition coefficient (Wildman–Crippen LogP) is 1.00. The summed E-state index contributed by atoms with van der Waals surface area (Å²) >= 11 is 2.06. The fourth-order valence-electron chi connectivity index (χ4n) is 3.09. The Morgan fingerprint density at radius 2 is 2.11 bits per heavy atom. The second kappa shape index (κ2) is 12.1. The van der Waals surface area contributed by atoms with Gasteiger partial charge in [0.15, 0.2) is 11.8 Å². The lowest BCUT2D eigenvalue weighted by molar-refractivity contribution is 0.0389. The maximum Gasteiger partial charge on any atom is 0.191 e. The van der Waals surface area contributed by atoms with Crippen molar-refractivity contribution < 1.29 is 4.74 Å². The standard InChI is InChI=1S/C17H31N7OS.HI/c1-14-21-22-16(23(14)2)13-20-17(19-12-15-4-3-11-26-15)18-5-6-24-7-9-25-10-8-24;/h15H,3-13H2,1-2H3,(H2,18,19,20);1H. The number of morpholine rings is 1. The largest absolute Gasteiger partial charge is 0.379 e. The van der Waals surface area contributed by atoms with Crippen LogP contribution in [0.5, 0.6) is 0 Å². The van der Waals surface area contributed by atoms with Gasteiger partial charge in [0.05, 0.1) is 13.2 Å². The van der Waals surface area contributed by atoms with Crippen LogP contribution < -0.4 is 10.6 Å². The summed E-state index contributed by atoms with van der Waals surface area (Å²) in [6.45, 7) is 9.03. The molecule has 1 aromatic rings. The van der Waals surface area contributed by atoms with Gasteiger partial charge in [-0.3, -0.25) is 4.90 Å². The summed E-state index contributed by atoms with van der Waals surface area (Å²) in [4.78, 5) is 7.15. The maximum absolute atomic E-state index is 5.41. The van der Waals surface area contributed by atoms with E-state index in [2.05, 4.69) is 37.5 Å². The highest BCUT2D eigenvalue weighted by molar-refractivity contribution is 14.0. The molecule has 0 bridgehead atoms. The van der Waals surface area contributed by atoms with Gasteiger partial charge in [-0.1, -0.05) is 0 Å². The van der Waals surface area contributed by atoms with Gasteiger partial charge in [0.25, 0.3) is 0 Å². The summed E-state index contributed by atoms with van der Waals surface area (Å²) in [7, 11) is 1.98. The smallest absolute Gasteiger partial charge is 0.191 e. The van der Waals surface area contributed by atoms with E-state index in [0.717, 1.165) is 63.5 Å². The molecule has 1 aromatic heterocycles. The van der Waals surface area contributed by atoms with E-state index in [4.69, 9.17) is 9.73 Å². The van der Waals surface area contributed by atoms with E-state index >= 15 is 0 Å². The number of aromatic nitrogens is 3. The van der Waals surface area contributed by atoms with Crippen LogP contribution in [-0.4, -0.2) is 82.6 Å². The van der Waals surface area contributed by atoms with Crippen molar-refractivity contribution in [1.82, 2.24) is 30.3 Å². The molecule has 2 aliphatic heterocycles. The monoisotopic (exact) mass is 509 g/mol. The van der Waals surface area contributed by atoms with E-state index in [1.165, 1.54) is 18.6 Å². The lowest BCUT2D eigenvalue weighted by Gasteiger charge is -2.26. The summed E-state index contributed by atoms with van der Waals surface area (Å²) in [5.41, 5.74) is 0. The van der Waals surface area contributed by atoms with Crippen LogP contribution in [0.2, 0.25) is 0 Å². The lowest BCUT2D eigenvalue weighted by Crippen LogP contribution is -2.45. The third kappa shape index (κ3) is 7.39. The maximum atomic E-state index is 5.41. The van der Waals surface area contributed by atoms with Crippen molar-refractivity contribution in [2.75, 3.05) is 51.7 Å². The quantitative estimate of drug-likeness (QED) is 0.323. The molecular formula is C17H32IN7OS. The van der Waals surface area contributed by atoms with E-state index in [1.54, 1.807) is 0 Å². The molecule has 0 spiro atoms.